The summed E-state index contributed by atoms with van der Waals surface area (Å²) in [5, 5.41) is 0.173. The number of hydrogen-bond donors (Lipinski definition) is 0. The molecule has 7 heteroatoms. The minimum absolute atomic E-state index is 0.324. The van der Waals surface area contributed by atoms with E-state index in [1.165, 1.54) is 14.2 Å². The summed E-state index contributed by atoms with van der Waals surface area (Å²) in [5.41, 5.74) is 1.12. The molecule has 128 valence electrons. The maximum Gasteiger partial charge on any atom is 0.298 e. The van der Waals surface area contributed by atoms with Gasteiger partial charge in [0.2, 0.25) is 0 Å². The molecule has 0 bridgehead atoms. The van der Waals surface area contributed by atoms with Crippen molar-refractivity contribution in [2.24, 2.45) is 0 Å². The predicted octanol–water partition coefficient (Wildman–Crippen LogP) is 4.60. The van der Waals surface area contributed by atoms with E-state index in [0.29, 0.717) is 27.1 Å². The van der Waals surface area contributed by atoms with Crippen LogP contribution in [0.2, 0.25) is 5.02 Å². The Balaban J connectivity index is 1.97. The molecule has 2 amide bonds. The fourth-order valence-corrected chi connectivity index (χ4v) is 3.43. The molecule has 2 aromatic carbocycles. The molecule has 1 aliphatic rings. The number of methoxy groups -OCH3 is 2. The predicted molar refractivity (Wildman–Crippen MR) is 99.4 cm³/mol. The third-order valence-electron chi connectivity index (χ3n) is 3.57. The van der Waals surface area contributed by atoms with E-state index < -0.39 is 5.91 Å². The molecule has 3 rings (SSSR count). The average Bonchev–Trinajstić information content (AvgIpc) is 2.88. The van der Waals surface area contributed by atoms with Crippen molar-refractivity contribution in [3.8, 4) is 11.5 Å². The molecule has 0 radical (unpaired) electrons. The van der Waals surface area contributed by atoms with E-state index in [4.69, 9.17) is 21.1 Å². The summed E-state index contributed by atoms with van der Waals surface area (Å²) in [6, 6.07) is 12.0. The minimum atomic E-state index is -0.404. The topological polar surface area (TPSA) is 55.8 Å². The maximum atomic E-state index is 12.7. The average molecular weight is 376 g/mol. The molecule has 1 saturated heterocycles. The van der Waals surface area contributed by atoms with Gasteiger partial charge >= 0.3 is 0 Å². The number of thioether (sulfide) groups is 1. The molecule has 5 nitrogen and oxygen atoms in total. The lowest BCUT2D eigenvalue weighted by atomic mass is 10.2. The fraction of sp³-hybridized carbons (Fsp3) is 0.111. The van der Waals surface area contributed by atoms with Gasteiger partial charge in [-0.2, -0.15) is 0 Å². The minimum Gasteiger partial charge on any atom is -0.497 e. The van der Waals surface area contributed by atoms with Gasteiger partial charge in [-0.25, -0.2) is 4.90 Å². The van der Waals surface area contributed by atoms with Gasteiger partial charge in [-0.05, 0) is 47.7 Å². The molecule has 2 aromatic rings. The third-order valence-corrected chi connectivity index (χ3v) is 4.67. The number of nitrogens with zero attached hydrogens (tertiary/aromatic N) is 1. The van der Waals surface area contributed by atoms with Crippen molar-refractivity contribution < 1.29 is 19.1 Å². The normalized spacial score (nSPS) is 15.8. The van der Waals surface area contributed by atoms with Gasteiger partial charge in [-0.1, -0.05) is 23.7 Å². The summed E-state index contributed by atoms with van der Waals surface area (Å²) in [7, 11) is 3.00. The zero-order valence-corrected chi connectivity index (χ0v) is 15.1. The van der Waals surface area contributed by atoms with Crippen molar-refractivity contribution in [3.05, 3.63) is 58.0 Å². The van der Waals surface area contributed by atoms with Crippen LogP contribution in [0.25, 0.3) is 6.08 Å². The zero-order valence-electron chi connectivity index (χ0n) is 13.5. The highest BCUT2D eigenvalue weighted by Gasteiger charge is 2.37. The zero-order chi connectivity index (χ0) is 18.0. The number of carbonyl (C=O) groups excluding carboxylic acids is 2. The summed E-state index contributed by atoms with van der Waals surface area (Å²) < 4.78 is 10.4. The van der Waals surface area contributed by atoms with Gasteiger partial charge < -0.3 is 9.47 Å². The summed E-state index contributed by atoms with van der Waals surface area (Å²) >= 11 is 6.84. The number of rotatable bonds is 4. The molecule has 1 heterocycles. The smallest absolute Gasteiger partial charge is 0.298 e. The van der Waals surface area contributed by atoms with Crippen LogP contribution in [0.5, 0.6) is 11.5 Å². The second kappa shape index (κ2) is 7.21. The van der Waals surface area contributed by atoms with E-state index in [0.717, 1.165) is 22.2 Å². The third kappa shape index (κ3) is 3.50. The maximum absolute atomic E-state index is 12.7. The Kier molecular flexibility index (Phi) is 5.01. The molecule has 25 heavy (non-hydrogen) atoms. The van der Waals surface area contributed by atoms with Crippen molar-refractivity contribution >= 4 is 46.3 Å². The quantitative estimate of drug-likeness (QED) is 0.731. The number of amides is 2. The first-order valence-electron chi connectivity index (χ1n) is 7.29. The first kappa shape index (κ1) is 17.4. The number of carbonyl (C=O) groups is 2. The van der Waals surface area contributed by atoms with Crippen molar-refractivity contribution in [1.82, 2.24) is 0 Å². The van der Waals surface area contributed by atoms with E-state index in [1.807, 2.05) is 6.07 Å². The number of benzene rings is 2. The van der Waals surface area contributed by atoms with E-state index >= 15 is 0 Å². The van der Waals surface area contributed by atoms with Crippen LogP contribution in [-0.2, 0) is 4.79 Å². The molecule has 1 fully saturated rings. The highest BCUT2D eigenvalue weighted by molar-refractivity contribution is 8.19. The number of anilines is 1. The molecule has 1 aliphatic heterocycles. The van der Waals surface area contributed by atoms with E-state index in [1.54, 1.807) is 42.5 Å². The molecule has 0 spiro atoms. The van der Waals surface area contributed by atoms with Crippen molar-refractivity contribution in [1.29, 1.82) is 0 Å². The van der Waals surface area contributed by atoms with E-state index in [2.05, 4.69) is 0 Å². The van der Waals surface area contributed by atoms with E-state index in [-0.39, 0.29) is 5.24 Å². The Morgan fingerprint density at radius 1 is 1.08 bits per heavy atom. The first-order chi connectivity index (χ1) is 12.0. The Morgan fingerprint density at radius 2 is 1.88 bits per heavy atom. The standard InChI is InChI=1S/C18H14ClNO4S/c1-23-13-6-7-14(15(10-13)24-2)20-17(21)16(25-18(20)22)9-11-4-3-5-12(19)8-11/h3-10H,1-2H3/b16-9-. The second-order valence-electron chi connectivity index (χ2n) is 5.11. The lowest BCUT2D eigenvalue weighted by Gasteiger charge is -2.16. The van der Waals surface area contributed by atoms with Crippen molar-refractivity contribution in [2.45, 2.75) is 0 Å². The molecular weight excluding hydrogens is 362 g/mol. The van der Waals surface area contributed by atoms with Gasteiger partial charge in [-0.3, -0.25) is 9.59 Å². The lowest BCUT2D eigenvalue weighted by molar-refractivity contribution is -0.113. The largest absolute Gasteiger partial charge is 0.497 e. The van der Waals surface area contributed by atoms with Crippen molar-refractivity contribution in [3.63, 3.8) is 0 Å². The summed E-state index contributed by atoms with van der Waals surface area (Å²) in [6.07, 6.45) is 1.65. The number of ether oxygens (including phenoxy) is 2. The molecular formula is C18H14ClNO4S. The van der Waals surface area contributed by atoms with E-state index in [9.17, 15) is 9.59 Å². The highest BCUT2D eigenvalue weighted by atomic mass is 35.5. The summed E-state index contributed by atoms with van der Waals surface area (Å²) in [4.78, 5) is 26.5. The van der Waals surface area contributed by atoms with Gasteiger partial charge in [0.05, 0.1) is 24.8 Å². The Morgan fingerprint density at radius 3 is 2.56 bits per heavy atom. The highest BCUT2D eigenvalue weighted by Crippen LogP contribution is 2.41. The van der Waals surface area contributed by atoms with Crippen LogP contribution in [0.4, 0.5) is 10.5 Å². The fourth-order valence-electron chi connectivity index (χ4n) is 2.39. The monoisotopic (exact) mass is 375 g/mol. The molecule has 0 aromatic heterocycles. The SMILES string of the molecule is COc1ccc(N2C(=O)S/C(=C\c3cccc(Cl)c3)C2=O)c(OC)c1. The van der Waals surface area contributed by atoms with Gasteiger partial charge in [0.1, 0.15) is 11.5 Å². The number of imide groups is 1. The molecule has 0 aliphatic carbocycles. The van der Waals surface area contributed by atoms with Gasteiger partial charge in [-0.15, -0.1) is 0 Å². The van der Waals surface area contributed by atoms with Crippen LogP contribution < -0.4 is 14.4 Å². The Labute approximate surface area is 154 Å². The summed E-state index contributed by atoms with van der Waals surface area (Å²) in [6.45, 7) is 0. The Hall–Kier alpha value is -2.44. The lowest BCUT2D eigenvalue weighted by Crippen LogP contribution is -2.28. The number of hydrogen-bond acceptors (Lipinski definition) is 5. The first-order valence-corrected chi connectivity index (χ1v) is 8.48. The molecule has 0 unspecified atom stereocenters. The number of halogens is 1. The van der Waals surface area contributed by atoms with Gasteiger partial charge in [0.25, 0.3) is 11.1 Å². The molecule has 0 atom stereocenters. The van der Waals surface area contributed by atoms with Crippen LogP contribution in [-0.4, -0.2) is 25.4 Å². The molecule has 0 N–H and O–H groups in total. The molecule has 0 saturated carbocycles. The van der Waals surface area contributed by atoms with Crippen LogP contribution in [0.3, 0.4) is 0 Å². The van der Waals surface area contributed by atoms with Gasteiger partial charge in [0.15, 0.2) is 0 Å². The second-order valence-corrected chi connectivity index (χ2v) is 6.54. The van der Waals surface area contributed by atoms with Crippen LogP contribution in [0.1, 0.15) is 5.56 Å². The summed E-state index contributed by atoms with van der Waals surface area (Å²) in [5.74, 6) is 0.547. The van der Waals surface area contributed by atoms with Crippen LogP contribution in [0.15, 0.2) is 47.4 Å². The van der Waals surface area contributed by atoms with Crippen LogP contribution in [0, 0.1) is 0 Å². The van der Waals surface area contributed by atoms with Gasteiger partial charge in [0, 0.05) is 11.1 Å². The van der Waals surface area contributed by atoms with Crippen LogP contribution >= 0.6 is 23.4 Å². The van der Waals surface area contributed by atoms with Crippen molar-refractivity contribution in [2.75, 3.05) is 19.1 Å². The Bertz CT molecular complexity index is 881.